The van der Waals surface area contributed by atoms with E-state index in [0.717, 1.165) is 0 Å². The van der Waals surface area contributed by atoms with Gasteiger partial charge in [0.2, 0.25) is 0 Å². The number of aliphatic hydroxyl groups is 1. The lowest BCUT2D eigenvalue weighted by atomic mass is 9.77. The van der Waals surface area contributed by atoms with Crippen molar-refractivity contribution in [2.75, 3.05) is 0 Å². The van der Waals surface area contributed by atoms with Crippen molar-refractivity contribution in [1.29, 1.82) is 0 Å². The molecule has 3 fully saturated rings. The number of hydrogen-bond donors (Lipinski definition) is 1. The lowest BCUT2D eigenvalue weighted by molar-refractivity contribution is -0.407. The molecule has 194 valence electrons. The Hall–Kier alpha value is -2.05. The molecular formula is C21H26F6O7. The average molecular weight is 504 g/mol. The van der Waals surface area contributed by atoms with Crippen LogP contribution in [0.4, 0.5) is 26.3 Å². The molecule has 13 heteroatoms. The van der Waals surface area contributed by atoms with Crippen molar-refractivity contribution in [1.82, 2.24) is 0 Å². The number of fused-ring (bicyclic) bond motifs is 1. The molecule has 6 unspecified atom stereocenters. The van der Waals surface area contributed by atoms with Crippen molar-refractivity contribution in [3.05, 3.63) is 0 Å². The number of ether oxygens (including phenoxy) is 3. The second-order valence-electron chi connectivity index (χ2n) is 10.3. The maximum absolute atomic E-state index is 13.3. The molecule has 3 rings (SSSR count). The Morgan fingerprint density at radius 2 is 1.56 bits per heavy atom. The van der Waals surface area contributed by atoms with Crippen molar-refractivity contribution in [3.8, 4) is 0 Å². The molecule has 0 radical (unpaired) electrons. The van der Waals surface area contributed by atoms with Gasteiger partial charge in [0, 0.05) is 11.8 Å². The van der Waals surface area contributed by atoms with Gasteiger partial charge < -0.3 is 19.3 Å². The van der Waals surface area contributed by atoms with Crippen LogP contribution in [0.1, 0.15) is 47.5 Å². The highest BCUT2D eigenvalue weighted by Gasteiger charge is 2.79. The van der Waals surface area contributed by atoms with Crippen LogP contribution in [0.5, 0.6) is 0 Å². The van der Waals surface area contributed by atoms with E-state index >= 15 is 0 Å². The Bertz CT molecular complexity index is 864. The second-order valence-corrected chi connectivity index (χ2v) is 10.3. The Morgan fingerprint density at radius 1 is 1.03 bits per heavy atom. The summed E-state index contributed by atoms with van der Waals surface area (Å²) in [6.45, 7) is 5.52. The molecular weight excluding hydrogens is 478 g/mol. The van der Waals surface area contributed by atoms with Gasteiger partial charge in [-0.15, -0.1) is 0 Å². The van der Waals surface area contributed by atoms with E-state index in [-0.39, 0.29) is 20.3 Å². The van der Waals surface area contributed by atoms with Gasteiger partial charge >= 0.3 is 30.3 Å². The monoisotopic (exact) mass is 504 g/mol. The molecule has 0 aromatic carbocycles. The molecule has 0 aromatic rings. The predicted molar refractivity (Wildman–Crippen MR) is 99.6 cm³/mol. The van der Waals surface area contributed by atoms with Gasteiger partial charge in [-0.05, 0) is 40.5 Å². The highest BCUT2D eigenvalue weighted by molar-refractivity contribution is 5.86. The smallest absolute Gasteiger partial charge is 0.430 e. The summed E-state index contributed by atoms with van der Waals surface area (Å²) in [7, 11) is 0. The summed E-state index contributed by atoms with van der Waals surface area (Å²) in [6, 6.07) is 0. The topological polar surface area (TPSA) is 99.1 Å². The number of halogens is 6. The Balaban J connectivity index is 1.90. The standard InChI is InChI=1S/C21H26F6O7/c1-6-17(2,3)16(30)33-13-9-7-8-10(14(28)32-12(8)13)11(9)15(29)34-18(4,5)19(31,20(22,23)24)21(25,26)27/h8-13,31H,6-7H2,1-5H3. The molecule has 0 spiro atoms. The van der Waals surface area contributed by atoms with E-state index in [2.05, 4.69) is 4.74 Å². The van der Waals surface area contributed by atoms with Crippen LogP contribution in [0.2, 0.25) is 0 Å². The first-order valence-corrected chi connectivity index (χ1v) is 10.7. The molecule has 2 saturated carbocycles. The van der Waals surface area contributed by atoms with Crippen LogP contribution in [0, 0.1) is 29.1 Å². The first-order chi connectivity index (χ1) is 15.2. The van der Waals surface area contributed by atoms with Gasteiger partial charge in [-0.1, -0.05) is 6.92 Å². The fraction of sp³-hybridized carbons (Fsp3) is 0.857. The van der Waals surface area contributed by atoms with Gasteiger partial charge in [0.25, 0.3) is 5.60 Å². The fourth-order valence-corrected chi connectivity index (χ4v) is 5.13. The van der Waals surface area contributed by atoms with E-state index in [1.54, 1.807) is 20.8 Å². The molecule has 1 saturated heterocycles. The Morgan fingerprint density at radius 3 is 2.03 bits per heavy atom. The zero-order valence-corrected chi connectivity index (χ0v) is 19.0. The van der Waals surface area contributed by atoms with Crippen molar-refractivity contribution in [2.24, 2.45) is 29.1 Å². The molecule has 0 aromatic heterocycles. The van der Waals surface area contributed by atoms with Gasteiger partial charge in [-0.25, -0.2) is 0 Å². The van der Waals surface area contributed by atoms with Crippen LogP contribution in [0.15, 0.2) is 0 Å². The fourth-order valence-electron chi connectivity index (χ4n) is 5.13. The van der Waals surface area contributed by atoms with E-state index in [1.165, 1.54) is 0 Å². The van der Waals surface area contributed by atoms with E-state index in [9.17, 15) is 45.8 Å². The van der Waals surface area contributed by atoms with E-state index in [1.807, 2.05) is 0 Å². The maximum Gasteiger partial charge on any atom is 0.430 e. The van der Waals surface area contributed by atoms with Gasteiger partial charge in [0.05, 0.1) is 17.3 Å². The highest BCUT2D eigenvalue weighted by atomic mass is 19.4. The molecule has 7 nitrogen and oxygen atoms in total. The number of hydrogen-bond acceptors (Lipinski definition) is 7. The average Bonchev–Trinajstić information content (AvgIpc) is 3.28. The molecule has 2 bridgehead atoms. The summed E-state index contributed by atoms with van der Waals surface area (Å²) >= 11 is 0. The molecule has 1 heterocycles. The van der Waals surface area contributed by atoms with Crippen LogP contribution >= 0.6 is 0 Å². The number of rotatable bonds is 6. The molecule has 6 atom stereocenters. The second kappa shape index (κ2) is 7.72. The van der Waals surface area contributed by atoms with Crippen LogP contribution in [-0.2, 0) is 28.6 Å². The zero-order chi connectivity index (χ0) is 26.2. The van der Waals surface area contributed by atoms with Crippen LogP contribution in [-0.4, -0.2) is 58.8 Å². The van der Waals surface area contributed by atoms with Gasteiger partial charge in [-0.3, -0.25) is 14.4 Å². The maximum atomic E-state index is 13.3. The first-order valence-electron chi connectivity index (χ1n) is 10.7. The lowest BCUT2D eigenvalue weighted by Gasteiger charge is -2.44. The third-order valence-corrected chi connectivity index (χ3v) is 7.55. The van der Waals surface area contributed by atoms with E-state index < -0.39 is 82.8 Å². The minimum Gasteiger partial charge on any atom is -0.458 e. The predicted octanol–water partition coefficient (Wildman–Crippen LogP) is 3.32. The summed E-state index contributed by atoms with van der Waals surface area (Å²) in [5, 5.41) is 9.72. The van der Waals surface area contributed by atoms with Crippen molar-refractivity contribution < 1.29 is 60.0 Å². The van der Waals surface area contributed by atoms with Crippen molar-refractivity contribution >= 4 is 17.9 Å². The third-order valence-electron chi connectivity index (χ3n) is 7.55. The molecule has 2 aliphatic carbocycles. The number of alkyl halides is 6. The van der Waals surface area contributed by atoms with Gasteiger partial charge in [0.15, 0.2) is 5.60 Å². The largest absolute Gasteiger partial charge is 0.458 e. The number of carbonyl (C=O) groups excluding carboxylic acids is 3. The number of esters is 3. The van der Waals surface area contributed by atoms with Crippen LogP contribution in [0.3, 0.4) is 0 Å². The minimum absolute atomic E-state index is 0.134. The molecule has 34 heavy (non-hydrogen) atoms. The van der Waals surface area contributed by atoms with Gasteiger partial charge in [0.1, 0.15) is 12.2 Å². The highest BCUT2D eigenvalue weighted by Crippen LogP contribution is 2.60. The minimum atomic E-state index is -6.23. The molecule has 0 amide bonds. The third kappa shape index (κ3) is 3.65. The summed E-state index contributed by atoms with van der Waals surface area (Å²) < 4.78 is 95.5. The SMILES string of the molecule is CCC(C)(C)C(=O)OC1C2CC3C1OC(=O)C3C2C(=O)OC(C)(C)C(O)(C(F)(F)F)C(F)(F)F. The van der Waals surface area contributed by atoms with E-state index in [4.69, 9.17) is 9.47 Å². The number of carbonyl (C=O) groups is 3. The van der Waals surface area contributed by atoms with E-state index in [0.29, 0.717) is 6.42 Å². The first kappa shape index (κ1) is 26.6. The normalized spacial score (nSPS) is 31.5. The quantitative estimate of drug-likeness (QED) is 0.337. The summed E-state index contributed by atoms with van der Waals surface area (Å²) in [4.78, 5) is 37.9. The summed E-state index contributed by atoms with van der Waals surface area (Å²) in [6.07, 6.45) is -13.9. The lowest BCUT2D eigenvalue weighted by Crippen LogP contribution is -2.70. The molecule has 1 N–H and O–H groups in total. The van der Waals surface area contributed by atoms with Crippen LogP contribution in [0.25, 0.3) is 0 Å². The Labute approximate surface area is 191 Å². The summed E-state index contributed by atoms with van der Waals surface area (Å²) in [5.74, 6) is -7.22. The molecule has 1 aliphatic heterocycles. The summed E-state index contributed by atoms with van der Waals surface area (Å²) in [5.41, 5.74) is -9.80. The van der Waals surface area contributed by atoms with Crippen LogP contribution < -0.4 is 0 Å². The van der Waals surface area contributed by atoms with Crippen molar-refractivity contribution in [2.45, 2.75) is 83.2 Å². The zero-order valence-electron chi connectivity index (χ0n) is 19.0. The van der Waals surface area contributed by atoms with Gasteiger partial charge in [-0.2, -0.15) is 26.3 Å². The molecule has 3 aliphatic rings. The van der Waals surface area contributed by atoms with Crippen molar-refractivity contribution in [3.63, 3.8) is 0 Å². The Kier molecular flexibility index (Phi) is 6.03.